The number of fused-ring (bicyclic) bond motifs is 2. The van der Waals surface area contributed by atoms with Crippen LogP contribution in [0.3, 0.4) is 0 Å². The summed E-state index contributed by atoms with van der Waals surface area (Å²) in [5, 5.41) is 8.50. The molecule has 41 heavy (non-hydrogen) atoms. The fraction of sp³-hybridized carbons (Fsp3) is 0.296. The van der Waals surface area contributed by atoms with E-state index in [9.17, 15) is 26.0 Å². The van der Waals surface area contributed by atoms with E-state index in [1.807, 2.05) is 6.08 Å². The average Bonchev–Trinajstić information content (AvgIpc) is 3.56. The van der Waals surface area contributed by atoms with E-state index in [4.69, 9.17) is 4.74 Å². The van der Waals surface area contributed by atoms with Gasteiger partial charge in [-0.05, 0) is 54.8 Å². The number of rotatable bonds is 6. The summed E-state index contributed by atoms with van der Waals surface area (Å²) in [6.07, 6.45) is 3.27. The van der Waals surface area contributed by atoms with Gasteiger partial charge in [0.1, 0.15) is 17.3 Å². The maximum atomic E-state index is 13.5. The molecular weight excluding hydrogens is 564 g/mol. The highest BCUT2D eigenvalue weighted by molar-refractivity contribution is 7.89. The minimum Gasteiger partial charge on any atom is -0.477 e. The van der Waals surface area contributed by atoms with Crippen LogP contribution in [0.2, 0.25) is 0 Å². The summed E-state index contributed by atoms with van der Waals surface area (Å²) in [5.74, 6) is -0.380. The lowest BCUT2D eigenvalue weighted by Gasteiger charge is -2.45. The molecule has 214 valence electrons. The van der Waals surface area contributed by atoms with Crippen molar-refractivity contribution in [1.29, 1.82) is 0 Å². The summed E-state index contributed by atoms with van der Waals surface area (Å²) in [6, 6.07) is 7.96. The molecular formula is C27H24F4N6O3S. The van der Waals surface area contributed by atoms with Crippen molar-refractivity contribution >= 4 is 16.1 Å². The fourth-order valence-corrected chi connectivity index (χ4v) is 6.86. The number of pyridine rings is 1. The van der Waals surface area contributed by atoms with Crippen molar-refractivity contribution in [3.05, 3.63) is 89.4 Å². The number of nitrogens with zero attached hydrogens (tertiary/aromatic N) is 6. The number of aromatic nitrogens is 5. The first-order valence-electron chi connectivity index (χ1n) is 12.6. The van der Waals surface area contributed by atoms with E-state index >= 15 is 0 Å². The Balaban J connectivity index is 1.35. The maximum Gasteiger partial charge on any atom is 0.417 e. The Labute approximate surface area is 232 Å². The maximum absolute atomic E-state index is 13.5. The lowest BCUT2D eigenvalue weighted by Crippen LogP contribution is -2.51. The second kappa shape index (κ2) is 9.80. The second-order valence-corrected chi connectivity index (χ2v) is 12.1. The van der Waals surface area contributed by atoms with Gasteiger partial charge in [0.05, 0.1) is 29.3 Å². The molecule has 0 saturated carbocycles. The number of benzene rings is 1. The lowest BCUT2D eigenvalue weighted by atomic mass is 9.69. The molecule has 1 aliphatic heterocycles. The Kier molecular flexibility index (Phi) is 6.49. The number of halogens is 4. The minimum absolute atomic E-state index is 0.00762. The van der Waals surface area contributed by atoms with Crippen molar-refractivity contribution in [3.63, 3.8) is 0 Å². The Morgan fingerprint density at radius 1 is 1.05 bits per heavy atom. The highest BCUT2D eigenvalue weighted by Crippen LogP contribution is 2.45. The van der Waals surface area contributed by atoms with Crippen LogP contribution in [0.15, 0.2) is 71.7 Å². The van der Waals surface area contributed by atoms with Crippen LogP contribution in [0.4, 0.5) is 17.6 Å². The van der Waals surface area contributed by atoms with Crippen LogP contribution in [0, 0.1) is 11.2 Å². The van der Waals surface area contributed by atoms with Gasteiger partial charge >= 0.3 is 6.18 Å². The molecule has 1 unspecified atom stereocenters. The zero-order chi connectivity index (χ0) is 29.0. The third-order valence-electron chi connectivity index (χ3n) is 7.47. The Bertz CT molecular complexity index is 1730. The van der Waals surface area contributed by atoms with Gasteiger partial charge in [0, 0.05) is 44.0 Å². The second-order valence-electron chi connectivity index (χ2n) is 10.2. The van der Waals surface area contributed by atoms with Crippen LogP contribution < -0.4 is 4.74 Å². The predicted octanol–water partition coefficient (Wildman–Crippen LogP) is 4.26. The Morgan fingerprint density at radius 3 is 2.49 bits per heavy atom. The smallest absolute Gasteiger partial charge is 0.417 e. The predicted molar refractivity (Wildman–Crippen MR) is 139 cm³/mol. The molecule has 3 aromatic heterocycles. The Morgan fingerprint density at radius 2 is 1.83 bits per heavy atom. The number of ether oxygens (including phenoxy) is 1. The van der Waals surface area contributed by atoms with Gasteiger partial charge in [0.15, 0.2) is 0 Å². The van der Waals surface area contributed by atoms with Crippen molar-refractivity contribution < 1.29 is 30.7 Å². The van der Waals surface area contributed by atoms with Gasteiger partial charge in [-0.15, -0.1) is 0 Å². The topological polar surface area (TPSA) is 95.1 Å². The number of aryl methyl sites for hydroxylation is 1. The molecule has 6 rings (SSSR count). The number of sulfonamides is 1. The molecule has 4 heterocycles. The van der Waals surface area contributed by atoms with Crippen LogP contribution in [0.5, 0.6) is 5.88 Å². The highest BCUT2D eigenvalue weighted by atomic mass is 32.2. The van der Waals surface area contributed by atoms with E-state index < -0.39 is 27.2 Å². The van der Waals surface area contributed by atoms with Crippen LogP contribution in [-0.4, -0.2) is 57.0 Å². The summed E-state index contributed by atoms with van der Waals surface area (Å²) in [4.78, 5) is 3.89. The Hall–Kier alpha value is -4.04. The largest absolute Gasteiger partial charge is 0.477 e. The summed E-state index contributed by atoms with van der Waals surface area (Å²) in [5.41, 5.74) is 1.45. The highest BCUT2D eigenvalue weighted by Gasteiger charge is 2.47. The molecule has 1 fully saturated rings. The van der Waals surface area contributed by atoms with Gasteiger partial charge in [0.25, 0.3) is 0 Å². The van der Waals surface area contributed by atoms with Gasteiger partial charge in [0.2, 0.25) is 15.9 Å². The number of alkyl halides is 3. The molecule has 0 N–H and O–H groups in total. The molecule has 9 nitrogen and oxygen atoms in total. The van der Waals surface area contributed by atoms with Gasteiger partial charge in [-0.3, -0.25) is 4.68 Å². The summed E-state index contributed by atoms with van der Waals surface area (Å²) in [6.45, 7) is 0.249. The van der Waals surface area contributed by atoms with E-state index in [0.29, 0.717) is 24.7 Å². The van der Waals surface area contributed by atoms with Crippen LogP contribution in [0.25, 0.3) is 11.8 Å². The van der Waals surface area contributed by atoms with E-state index in [2.05, 4.69) is 15.2 Å². The quantitative estimate of drug-likeness (QED) is 0.313. The monoisotopic (exact) mass is 588 g/mol. The van der Waals surface area contributed by atoms with Crippen molar-refractivity contribution in [3.8, 4) is 11.6 Å². The number of hydrogen-bond donors (Lipinski definition) is 0. The summed E-state index contributed by atoms with van der Waals surface area (Å²) < 4.78 is 90.1. The summed E-state index contributed by atoms with van der Waals surface area (Å²) >= 11 is 0. The van der Waals surface area contributed by atoms with Crippen LogP contribution in [0.1, 0.15) is 23.2 Å². The standard InChI is InChI=1S/C27H24F4N6O3S/c1-35-15-23(14-33-35)41(38,39)36-9-8-19-10-24-18(12-34-37(24)22-5-3-21(28)4-6-22)11-26(19,16-36)17-40-25-7-2-20(13-32-25)27(29,30)31/h2-7,10,12-15H,8-9,11,16-17H2,1H3. The van der Waals surface area contributed by atoms with Crippen molar-refractivity contribution in [2.45, 2.75) is 23.9 Å². The molecule has 1 atom stereocenters. The summed E-state index contributed by atoms with van der Waals surface area (Å²) in [7, 11) is -2.25. The third kappa shape index (κ3) is 5.01. The molecule has 0 amide bonds. The van der Waals surface area contributed by atoms with Crippen molar-refractivity contribution in [2.75, 3.05) is 19.7 Å². The first-order chi connectivity index (χ1) is 19.4. The van der Waals surface area contributed by atoms with E-state index in [0.717, 1.165) is 29.0 Å². The average molecular weight is 589 g/mol. The van der Waals surface area contributed by atoms with E-state index in [1.54, 1.807) is 30.1 Å². The first kappa shape index (κ1) is 27.1. The molecule has 0 spiro atoms. The van der Waals surface area contributed by atoms with Crippen LogP contribution in [-0.2, 0) is 29.7 Å². The van der Waals surface area contributed by atoms with Gasteiger partial charge < -0.3 is 4.74 Å². The molecule has 1 aromatic carbocycles. The molecule has 1 saturated heterocycles. The van der Waals surface area contributed by atoms with Gasteiger partial charge in [-0.25, -0.2) is 22.5 Å². The zero-order valence-electron chi connectivity index (χ0n) is 21.7. The van der Waals surface area contributed by atoms with Crippen molar-refractivity contribution in [2.24, 2.45) is 12.5 Å². The molecule has 2 aliphatic rings. The lowest BCUT2D eigenvalue weighted by molar-refractivity contribution is -0.137. The van der Waals surface area contributed by atoms with E-state index in [1.165, 1.54) is 33.5 Å². The van der Waals surface area contributed by atoms with Crippen LogP contribution >= 0.6 is 0 Å². The molecule has 0 radical (unpaired) electrons. The number of piperidine rings is 1. The van der Waals surface area contributed by atoms with Gasteiger partial charge in [-0.1, -0.05) is 5.57 Å². The number of hydrogen-bond acceptors (Lipinski definition) is 6. The normalized spacial score (nSPS) is 19.4. The van der Waals surface area contributed by atoms with E-state index in [-0.39, 0.29) is 36.3 Å². The first-order valence-corrected chi connectivity index (χ1v) is 14.1. The third-order valence-corrected chi connectivity index (χ3v) is 9.26. The zero-order valence-corrected chi connectivity index (χ0v) is 22.5. The SMILES string of the molecule is Cn1cc(S(=O)(=O)N2CCC3=Cc4c(cnn4-c4ccc(F)cc4)CC3(COc3ccc(C(F)(F)F)cn3)C2)cn1. The fourth-order valence-electron chi connectivity index (χ4n) is 5.34. The molecule has 0 bridgehead atoms. The van der Waals surface area contributed by atoms with Crippen molar-refractivity contribution in [1.82, 2.24) is 28.9 Å². The molecule has 4 aromatic rings. The molecule has 14 heteroatoms. The molecule has 1 aliphatic carbocycles. The van der Waals surface area contributed by atoms with Gasteiger partial charge in [-0.2, -0.15) is 27.7 Å². The minimum atomic E-state index is -4.53.